The predicted octanol–water partition coefficient (Wildman–Crippen LogP) is 1.06. The van der Waals surface area contributed by atoms with E-state index < -0.39 is 9.84 Å². The van der Waals surface area contributed by atoms with Gasteiger partial charge in [0.25, 0.3) is 0 Å². The SMILES string of the molecule is CN(CCCOc1cccc(S(C)(=O)=O)c1)C(=O)CCCN. The monoisotopic (exact) mass is 328 g/mol. The Morgan fingerprint density at radius 2 is 2.05 bits per heavy atom. The summed E-state index contributed by atoms with van der Waals surface area (Å²) < 4.78 is 28.4. The van der Waals surface area contributed by atoms with Crippen molar-refractivity contribution in [2.75, 3.05) is 33.0 Å². The van der Waals surface area contributed by atoms with Gasteiger partial charge in [0.1, 0.15) is 5.75 Å². The van der Waals surface area contributed by atoms with Crippen LogP contribution in [0, 0.1) is 0 Å². The quantitative estimate of drug-likeness (QED) is 0.685. The Balaban J connectivity index is 2.37. The van der Waals surface area contributed by atoms with E-state index in [1.54, 1.807) is 24.1 Å². The van der Waals surface area contributed by atoms with Crippen molar-refractivity contribution in [1.29, 1.82) is 0 Å². The molecule has 0 atom stereocenters. The lowest BCUT2D eigenvalue weighted by Gasteiger charge is -2.17. The molecule has 1 aromatic carbocycles. The second-order valence-corrected chi connectivity index (χ2v) is 7.17. The Morgan fingerprint density at radius 3 is 2.68 bits per heavy atom. The summed E-state index contributed by atoms with van der Waals surface area (Å²) in [5.74, 6) is 0.588. The lowest BCUT2D eigenvalue weighted by molar-refractivity contribution is -0.130. The number of hydrogen-bond acceptors (Lipinski definition) is 5. The lowest BCUT2D eigenvalue weighted by atomic mass is 10.2. The molecule has 0 heterocycles. The van der Waals surface area contributed by atoms with E-state index in [9.17, 15) is 13.2 Å². The lowest BCUT2D eigenvalue weighted by Crippen LogP contribution is -2.28. The Kier molecular flexibility index (Phi) is 7.34. The summed E-state index contributed by atoms with van der Waals surface area (Å²) in [6, 6.07) is 6.40. The minimum Gasteiger partial charge on any atom is -0.493 e. The highest BCUT2D eigenvalue weighted by molar-refractivity contribution is 7.90. The van der Waals surface area contributed by atoms with Gasteiger partial charge < -0.3 is 15.4 Å². The molecule has 0 aliphatic rings. The molecule has 7 heteroatoms. The molecule has 6 nitrogen and oxygen atoms in total. The van der Waals surface area contributed by atoms with Crippen molar-refractivity contribution < 1.29 is 17.9 Å². The first-order valence-corrected chi connectivity index (χ1v) is 9.10. The zero-order valence-corrected chi connectivity index (χ0v) is 13.9. The van der Waals surface area contributed by atoms with Crippen LogP contribution in [0.25, 0.3) is 0 Å². The predicted molar refractivity (Wildman–Crippen MR) is 85.6 cm³/mol. The molecular formula is C15H24N2O4S. The van der Waals surface area contributed by atoms with Crippen molar-refractivity contribution in [3.05, 3.63) is 24.3 Å². The Labute approximate surface area is 132 Å². The van der Waals surface area contributed by atoms with Crippen LogP contribution in [0.2, 0.25) is 0 Å². The average Bonchev–Trinajstić information content (AvgIpc) is 2.48. The topological polar surface area (TPSA) is 89.7 Å². The van der Waals surface area contributed by atoms with Crippen LogP contribution in [0.4, 0.5) is 0 Å². The van der Waals surface area contributed by atoms with Gasteiger partial charge in [0.2, 0.25) is 5.91 Å². The molecule has 0 bridgehead atoms. The van der Waals surface area contributed by atoms with Gasteiger partial charge >= 0.3 is 0 Å². The number of hydrogen-bond donors (Lipinski definition) is 1. The number of nitrogens with zero attached hydrogens (tertiary/aromatic N) is 1. The molecular weight excluding hydrogens is 304 g/mol. The fraction of sp³-hybridized carbons (Fsp3) is 0.533. The van der Waals surface area contributed by atoms with Crippen molar-refractivity contribution in [1.82, 2.24) is 4.90 Å². The minimum absolute atomic E-state index is 0.0736. The third-order valence-electron chi connectivity index (χ3n) is 3.16. The summed E-state index contributed by atoms with van der Waals surface area (Å²) in [4.78, 5) is 13.6. The maximum Gasteiger partial charge on any atom is 0.222 e. The van der Waals surface area contributed by atoms with Crippen LogP contribution in [-0.2, 0) is 14.6 Å². The summed E-state index contributed by atoms with van der Waals surface area (Å²) in [6.45, 7) is 1.52. The van der Waals surface area contributed by atoms with Gasteiger partial charge in [0.15, 0.2) is 9.84 Å². The molecule has 0 spiro atoms. The second kappa shape index (κ2) is 8.75. The van der Waals surface area contributed by atoms with E-state index in [1.807, 2.05) is 0 Å². The summed E-state index contributed by atoms with van der Waals surface area (Å²) in [5, 5.41) is 0. The van der Waals surface area contributed by atoms with Crippen molar-refractivity contribution in [3.63, 3.8) is 0 Å². The van der Waals surface area contributed by atoms with Gasteiger partial charge in [-0.2, -0.15) is 0 Å². The largest absolute Gasteiger partial charge is 0.493 e. The summed E-state index contributed by atoms with van der Waals surface area (Å²) in [5.41, 5.74) is 5.37. The first kappa shape index (κ1) is 18.4. The molecule has 0 radical (unpaired) electrons. The van der Waals surface area contributed by atoms with Gasteiger partial charge in [-0.05, 0) is 37.6 Å². The van der Waals surface area contributed by atoms with Gasteiger partial charge in [-0.25, -0.2) is 8.42 Å². The van der Waals surface area contributed by atoms with E-state index in [2.05, 4.69) is 0 Å². The minimum atomic E-state index is -3.23. The highest BCUT2D eigenvalue weighted by atomic mass is 32.2. The molecule has 0 fully saturated rings. The Hall–Kier alpha value is -1.60. The van der Waals surface area contributed by atoms with E-state index in [0.717, 1.165) is 6.26 Å². The van der Waals surface area contributed by atoms with Gasteiger partial charge in [-0.15, -0.1) is 0 Å². The molecule has 2 N–H and O–H groups in total. The molecule has 0 aliphatic heterocycles. The average molecular weight is 328 g/mol. The number of sulfone groups is 1. The van der Waals surface area contributed by atoms with Crippen LogP contribution in [0.5, 0.6) is 5.75 Å². The van der Waals surface area contributed by atoms with Crippen molar-refractivity contribution >= 4 is 15.7 Å². The van der Waals surface area contributed by atoms with Crippen LogP contribution in [-0.4, -0.2) is 52.2 Å². The zero-order chi connectivity index (χ0) is 16.6. The smallest absolute Gasteiger partial charge is 0.222 e. The van der Waals surface area contributed by atoms with Crippen molar-refractivity contribution in [3.8, 4) is 5.75 Å². The molecule has 0 unspecified atom stereocenters. The maximum absolute atomic E-state index is 11.7. The van der Waals surface area contributed by atoms with Crippen LogP contribution in [0.3, 0.4) is 0 Å². The van der Waals surface area contributed by atoms with Crippen molar-refractivity contribution in [2.24, 2.45) is 5.73 Å². The highest BCUT2D eigenvalue weighted by Gasteiger charge is 2.09. The second-order valence-electron chi connectivity index (χ2n) is 5.16. The normalized spacial score (nSPS) is 11.2. The van der Waals surface area contributed by atoms with Crippen molar-refractivity contribution in [2.45, 2.75) is 24.2 Å². The number of ether oxygens (including phenoxy) is 1. The first-order valence-electron chi connectivity index (χ1n) is 7.21. The molecule has 0 saturated heterocycles. The fourth-order valence-corrected chi connectivity index (χ4v) is 2.51. The third-order valence-corrected chi connectivity index (χ3v) is 4.27. The van der Waals surface area contributed by atoms with E-state index >= 15 is 0 Å². The zero-order valence-electron chi connectivity index (χ0n) is 13.1. The van der Waals surface area contributed by atoms with Crippen LogP contribution < -0.4 is 10.5 Å². The molecule has 1 aromatic rings. The number of amides is 1. The number of rotatable bonds is 9. The Bertz CT molecular complexity index is 587. The summed E-state index contributed by atoms with van der Waals surface area (Å²) in [6.07, 6.45) is 2.99. The van der Waals surface area contributed by atoms with Gasteiger partial charge in [0.05, 0.1) is 11.5 Å². The van der Waals surface area contributed by atoms with E-state index in [-0.39, 0.29) is 10.8 Å². The van der Waals surface area contributed by atoms with Crippen LogP contribution in [0.15, 0.2) is 29.2 Å². The molecule has 1 rings (SSSR count). The number of nitrogens with two attached hydrogens (primary N) is 1. The number of benzene rings is 1. The van der Waals surface area contributed by atoms with Gasteiger partial charge in [-0.1, -0.05) is 6.07 Å². The fourth-order valence-electron chi connectivity index (χ4n) is 1.86. The summed E-state index contributed by atoms with van der Waals surface area (Å²) in [7, 11) is -1.48. The molecule has 124 valence electrons. The molecule has 0 aromatic heterocycles. The standard InChI is InChI=1S/C15H24N2O4S/c1-17(15(18)8-4-9-16)10-5-11-21-13-6-3-7-14(12-13)22(2,19)20/h3,6-7,12H,4-5,8-11,16H2,1-2H3. The summed E-state index contributed by atoms with van der Waals surface area (Å²) >= 11 is 0. The molecule has 22 heavy (non-hydrogen) atoms. The molecule has 0 aliphatic carbocycles. The first-order chi connectivity index (χ1) is 10.3. The van der Waals surface area contributed by atoms with E-state index in [0.29, 0.717) is 44.7 Å². The van der Waals surface area contributed by atoms with Gasteiger partial charge in [-0.3, -0.25) is 4.79 Å². The number of carbonyl (C=O) groups excluding carboxylic acids is 1. The van der Waals surface area contributed by atoms with Crippen LogP contribution in [0.1, 0.15) is 19.3 Å². The molecule has 1 amide bonds. The third kappa shape index (κ3) is 6.44. The Morgan fingerprint density at radius 1 is 1.32 bits per heavy atom. The van der Waals surface area contributed by atoms with E-state index in [4.69, 9.17) is 10.5 Å². The number of carbonyl (C=O) groups is 1. The van der Waals surface area contributed by atoms with E-state index in [1.165, 1.54) is 12.1 Å². The van der Waals surface area contributed by atoms with Gasteiger partial charge in [0, 0.05) is 26.3 Å². The van der Waals surface area contributed by atoms with Crippen LogP contribution >= 0.6 is 0 Å². The molecule has 0 saturated carbocycles. The highest BCUT2D eigenvalue weighted by Crippen LogP contribution is 2.17. The maximum atomic E-state index is 11.7.